The van der Waals surface area contributed by atoms with E-state index in [1.54, 1.807) is 6.92 Å². The molecule has 1 aliphatic rings. The van der Waals surface area contributed by atoms with E-state index in [9.17, 15) is 4.79 Å². The highest BCUT2D eigenvalue weighted by Crippen LogP contribution is 2.24. The molecule has 0 unspecified atom stereocenters. The van der Waals surface area contributed by atoms with Crippen molar-refractivity contribution in [1.82, 2.24) is 15.0 Å². The molecule has 0 radical (unpaired) electrons. The Kier molecular flexibility index (Phi) is 6.80. The minimum Gasteiger partial charge on any atom is -0.489 e. The number of amides is 1. The highest BCUT2D eigenvalue weighted by atomic mass is 35.5. The summed E-state index contributed by atoms with van der Waals surface area (Å²) in [6, 6.07) is 15.1. The summed E-state index contributed by atoms with van der Waals surface area (Å²) in [4.78, 5) is 17.2. The Labute approximate surface area is 191 Å². The molecule has 0 spiro atoms. The second-order valence-corrected chi connectivity index (χ2v) is 8.30. The Morgan fingerprint density at radius 2 is 1.81 bits per heavy atom. The predicted molar refractivity (Wildman–Crippen MR) is 120 cm³/mol. The lowest BCUT2D eigenvalue weighted by Crippen LogP contribution is -2.48. The summed E-state index contributed by atoms with van der Waals surface area (Å²) in [6.07, 6.45) is 0. The first kappa shape index (κ1) is 21.7. The molecule has 1 amide bonds. The van der Waals surface area contributed by atoms with Crippen molar-refractivity contribution in [1.29, 1.82) is 0 Å². The van der Waals surface area contributed by atoms with Gasteiger partial charge in [0.25, 0.3) is 5.91 Å². The standard InChI is InChI=1S/C23H23Cl2N3O3/c1-16-19(15-30-18-5-3-2-4-6-18)22(26-31-16)23(29)28-11-9-27(10-12-28)14-17-7-8-20(24)21(25)13-17/h2-8,13H,9-12,14-15H2,1H3. The van der Waals surface area contributed by atoms with E-state index < -0.39 is 0 Å². The van der Waals surface area contributed by atoms with Crippen molar-refractivity contribution in [3.05, 3.63) is 81.2 Å². The van der Waals surface area contributed by atoms with Gasteiger partial charge in [-0.15, -0.1) is 0 Å². The zero-order valence-corrected chi connectivity index (χ0v) is 18.7. The van der Waals surface area contributed by atoms with Gasteiger partial charge in [-0.25, -0.2) is 0 Å². The topological polar surface area (TPSA) is 58.8 Å². The zero-order valence-electron chi connectivity index (χ0n) is 17.2. The van der Waals surface area contributed by atoms with Crippen molar-refractivity contribution in [2.24, 2.45) is 0 Å². The van der Waals surface area contributed by atoms with Gasteiger partial charge in [-0.2, -0.15) is 0 Å². The maximum absolute atomic E-state index is 13.1. The lowest BCUT2D eigenvalue weighted by atomic mass is 10.1. The van der Waals surface area contributed by atoms with E-state index in [1.165, 1.54) is 0 Å². The van der Waals surface area contributed by atoms with Crippen LogP contribution in [-0.2, 0) is 13.2 Å². The fourth-order valence-corrected chi connectivity index (χ4v) is 3.88. The summed E-state index contributed by atoms with van der Waals surface area (Å²) < 4.78 is 11.1. The average Bonchev–Trinajstić information content (AvgIpc) is 3.16. The van der Waals surface area contributed by atoms with Gasteiger partial charge in [-0.05, 0) is 36.8 Å². The first-order valence-corrected chi connectivity index (χ1v) is 10.9. The van der Waals surface area contributed by atoms with Gasteiger partial charge < -0.3 is 14.2 Å². The highest BCUT2D eigenvalue weighted by molar-refractivity contribution is 6.42. The normalized spacial score (nSPS) is 14.6. The lowest BCUT2D eigenvalue weighted by molar-refractivity contribution is 0.0616. The summed E-state index contributed by atoms with van der Waals surface area (Å²) >= 11 is 12.1. The molecule has 162 valence electrons. The Morgan fingerprint density at radius 3 is 2.52 bits per heavy atom. The van der Waals surface area contributed by atoms with E-state index in [1.807, 2.05) is 53.4 Å². The molecule has 31 heavy (non-hydrogen) atoms. The number of hydrogen-bond donors (Lipinski definition) is 0. The Bertz CT molecular complexity index is 1050. The molecule has 1 aromatic heterocycles. The maximum Gasteiger partial charge on any atom is 0.276 e. The van der Waals surface area contributed by atoms with Crippen molar-refractivity contribution in [2.75, 3.05) is 26.2 Å². The Balaban J connectivity index is 1.36. The van der Waals surface area contributed by atoms with Crippen molar-refractivity contribution < 1.29 is 14.1 Å². The van der Waals surface area contributed by atoms with Crippen LogP contribution >= 0.6 is 23.2 Å². The summed E-state index contributed by atoms with van der Waals surface area (Å²) in [5.41, 5.74) is 2.11. The van der Waals surface area contributed by atoms with Gasteiger partial charge in [0.2, 0.25) is 0 Å². The second kappa shape index (κ2) is 9.73. The third-order valence-electron chi connectivity index (χ3n) is 5.36. The third kappa shape index (κ3) is 5.21. The molecule has 3 aromatic rings. The molecule has 4 rings (SSSR count). The quantitative estimate of drug-likeness (QED) is 0.528. The molecular weight excluding hydrogens is 437 g/mol. The number of rotatable bonds is 6. The third-order valence-corrected chi connectivity index (χ3v) is 6.10. The number of aromatic nitrogens is 1. The molecular formula is C23H23Cl2N3O3. The van der Waals surface area contributed by atoms with E-state index >= 15 is 0 Å². The first-order chi connectivity index (χ1) is 15.0. The summed E-state index contributed by atoms with van der Waals surface area (Å²) in [7, 11) is 0. The molecule has 2 heterocycles. The van der Waals surface area contributed by atoms with Crippen LogP contribution in [0.4, 0.5) is 0 Å². The Morgan fingerprint density at radius 1 is 1.06 bits per heavy atom. The molecule has 8 heteroatoms. The van der Waals surface area contributed by atoms with Gasteiger partial charge >= 0.3 is 0 Å². The number of carbonyl (C=O) groups is 1. The lowest BCUT2D eigenvalue weighted by Gasteiger charge is -2.34. The fraction of sp³-hybridized carbons (Fsp3) is 0.304. The SMILES string of the molecule is Cc1onc(C(=O)N2CCN(Cc3ccc(Cl)c(Cl)c3)CC2)c1COc1ccccc1. The zero-order chi connectivity index (χ0) is 21.8. The van der Waals surface area contributed by atoms with E-state index in [0.29, 0.717) is 40.2 Å². The molecule has 0 bridgehead atoms. The second-order valence-electron chi connectivity index (χ2n) is 7.48. The van der Waals surface area contributed by atoms with Crippen molar-refractivity contribution >= 4 is 29.1 Å². The smallest absolute Gasteiger partial charge is 0.276 e. The van der Waals surface area contributed by atoms with Crippen LogP contribution in [0.5, 0.6) is 5.75 Å². The maximum atomic E-state index is 13.1. The van der Waals surface area contributed by atoms with E-state index in [2.05, 4.69) is 10.1 Å². The number of piperazine rings is 1. The minimum absolute atomic E-state index is 0.127. The first-order valence-electron chi connectivity index (χ1n) is 10.1. The minimum atomic E-state index is -0.127. The molecule has 1 aliphatic heterocycles. The van der Waals surface area contributed by atoms with Gasteiger partial charge in [0.1, 0.15) is 18.1 Å². The monoisotopic (exact) mass is 459 g/mol. The van der Waals surface area contributed by atoms with E-state index in [-0.39, 0.29) is 12.5 Å². The molecule has 2 aromatic carbocycles. The van der Waals surface area contributed by atoms with Crippen LogP contribution in [-0.4, -0.2) is 47.0 Å². The largest absolute Gasteiger partial charge is 0.489 e. The van der Waals surface area contributed by atoms with Gasteiger partial charge in [0.15, 0.2) is 5.69 Å². The van der Waals surface area contributed by atoms with Gasteiger partial charge in [0.05, 0.1) is 15.6 Å². The average molecular weight is 460 g/mol. The fourth-order valence-electron chi connectivity index (χ4n) is 3.56. The number of nitrogens with zero attached hydrogens (tertiary/aromatic N) is 3. The predicted octanol–water partition coefficient (Wildman–Crippen LogP) is 4.83. The molecule has 1 fully saturated rings. The number of halogens is 2. The number of hydrogen-bond acceptors (Lipinski definition) is 5. The van der Waals surface area contributed by atoms with Gasteiger partial charge in [0, 0.05) is 32.7 Å². The van der Waals surface area contributed by atoms with Crippen LogP contribution < -0.4 is 4.74 Å². The van der Waals surface area contributed by atoms with Gasteiger partial charge in [-0.3, -0.25) is 9.69 Å². The molecule has 0 N–H and O–H groups in total. The summed E-state index contributed by atoms with van der Waals surface area (Å²) in [6.45, 7) is 5.55. The van der Waals surface area contributed by atoms with Crippen LogP contribution in [0.25, 0.3) is 0 Å². The summed E-state index contributed by atoms with van der Waals surface area (Å²) in [5, 5.41) is 5.13. The number of aryl methyl sites for hydroxylation is 1. The van der Waals surface area contributed by atoms with Crippen molar-refractivity contribution in [3.8, 4) is 5.75 Å². The van der Waals surface area contributed by atoms with Crippen LogP contribution in [0.3, 0.4) is 0 Å². The molecule has 0 aliphatic carbocycles. The van der Waals surface area contributed by atoms with Crippen LogP contribution in [0.1, 0.15) is 27.4 Å². The molecule has 0 atom stereocenters. The van der Waals surface area contributed by atoms with E-state index in [0.717, 1.165) is 30.9 Å². The van der Waals surface area contributed by atoms with Crippen LogP contribution in [0.2, 0.25) is 10.0 Å². The van der Waals surface area contributed by atoms with Gasteiger partial charge in [-0.1, -0.05) is 52.6 Å². The number of benzene rings is 2. The van der Waals surface area contributed by atoms with E-state index in [4.69, 9.17) is 32.5 Å². The highest BCUT2D eigenvalue weighted by Gasteiger charge is 2.28. The number of ether oxygens (including phenoxy) is 1. The van der Waals surface area contributed by atoms with Crippen molar-refractivity contribution in [2.45, 2.75) is 20.1 Å². The molecule has 0 saturated carbocycles. The van der Waals surface area contributed by atoms with Crippen LogP contribution in [0, 0.1) is 6.92 Å². The number of carbonyl (C=O) groups excluding carboxylic acids is 1. The summed E-state index contributed by atoms with van der Waals surface area (Å²) in [5.74, 6) is 1.20. The van der Waals surface area contributed by atoms with Crippen molar-refractivity contribution in [3.63, 3.8) is 0 Å². The Hall–Kier alpha value is -2.54. The van der Waals surface area contributed by atoms with Crippen LogP contribution in [0.15, 0.2) is 53.1 Å². The number of para-hydroxylation sites is 1. The molecule has 1 saturated heterocycles. The molecule has 6 nitrogen and oxygen atoms in total.